The summed E-state index contributed by atoms with van der Waals surface area (Å²) in [6, 6.07) is 7.55. The molecule has 0 fully saturated rings. The predicted octanol–water partition coefficient (Wildman–Crippen LogP) is 3.88. The van der Waals surface area contributed by atoms with Gasteiger partial charge in [-0.15, -0.1) is 0 Å². The number of carbonyl (C=O) groups is 1. The number of halogens is 4. The van der Waals surface area contributed by atoms with E-state index >= 15 is 0 Å². The normalized spacial score (nSPS) is 14.3. The van der Waals surface area contributed by atoms with E-state index in [1.165, 1.54) is 38.1 Å². The number of hydrogen-bond donors (Lipinski definition) is 2. The highest BCUT2D eigenvalue weighted by Gasteiger charge is 2.52. The number of nitrogens with one attached hydrogen (secondary N) is 1. The quantitative estimate of drug-likeness (QED) is 0.659. The van der Waals surface area contributed by atoms with Crippen LogP contribution in [0, 0.1) is 12.7 Å². The molecule has 30 heavy (non-hydrogen) atoms. The van der Waals surface area contributed by atoms with Crippen molar-refractivity contribution >= 4 is 21.4 Å². The van der Waals surface area contributed by atoms with Gasteiger partial charge in [0.05, 0.1) is 17.1 Å². The third-order valence-corrected chi connectivity index (χ3v) is 6.51. The summed E-state index contributed by atoms with van der Waals surface area (Å²) in [4.78, 5) is 12.4. The van der Waals surface area contributed by atoms with Gasteiger partial charge >= 0.3 is 6.18 Å². The van der Waals surface area contributed by atoms with Crippen LogP contribution in [0.5, 0.6) is 0 Å². The fourth-order valence-electron chi connectivity index (χ4n) is 2.71. The minimum atomic E-state index is -5.08. The van der Waals surface area contributed by atoms with Crippen LogP contribution in [0.15, 0.2) is 41.3 Å². The maximum Gasteiger partial charge on any atom is 0.421 e. The van der Waals surface area contributed by atoms with E-state index in [-0.39, 0.29) is 28.3 Å². The third-order valence-electron chi connectivity index (χ3n) is 4.76. The lowest BCUT2D eigenvalue weighted by Crippen LogP contribution is -2.40. The zero-order chi connectivity index (χ0) is 22.9. The van der Waals surface area contributed by atoms with Gasteiger partial charge in [-0.05, 0) is 37.6 Å². The maximum atomic E-state index is 14.5. The summed E-state index contributed by atoms with van der Waals surface area (Å²) in [6.07, 6.45) is -5.24. The molecule has 0 heterocycles. The molecule has 1 unspecified atom stereocenters. The lowest BCUT2D eigenvalue weighted by Gasteiger charge is -2.28. The summed E-state index contributed by atoms with van der Waals surface area (Å²) in [5.74, 6) is -1.90. The summed E-state index contributed by atoms with van der Waals surface area (Å²) >= 11 is 0. The minimum Gasteiger partial charge on any atom is -0.376 e. The minimum absolute atomic E-state index is 0.0376. The van der Waals surface area contributed by atoms with Crippen molar-refractivity contribution in [1.29, 1.82) is 0 Å². The number of alkyl halides is 3. The largest absolute Gasteiger partial charge is 0.421 e. The van der Waals surface area contributed by atoms with Gasteiger partial charge in [-0.2, -0.15) is 13.2 Å². The van der Waals surface area contributed by atoms with Crippen LogP contribution in [0.25, 0.3) is 0 Å². The van der Waals surface area contributed by atoms with Crippen molar-refractivity contribution in [2.24, 2.45) is 0 Å². The number of amides is 1. The van der Waals surface area contributed by atoms with E-state index < -0.39 is 38.9 Å². The topological polar surface area (TPSA) is 83.5 Å². The Morgan fingerprint density at radius 2 is 1.67 bits per heavy atom. The van der Waals surface area contributed by atoms with Crippen LogP contribution in [-0.2, 0) is 26.7 Å². The Morgan fingerprint density at radius 3 is 2.17 bits per heavy atom. The molecule has 0 bridgehead atoms. The molecular formula is C20H21F4NO4S. The molecule has 2 aromatic carbocycles. The van der Waals surface area contributed by atoms with Gasteiger partial charge in [0.1, 0.15) is 5.82 Å². The predicted molar refractivity (Wildman–Crippen MR) is 103 cm³/mol. The number of sulfone groups is 1. The van der Waals surface area contributed by atoms with Crippen LogP contribution in [0.2, 0.25) is 0 Å². The summed E-state index contributed by atoms with van der Waals surface area (Å²) < 4.78 is 77.0. The van der Waals surface area contributed by atoms with Gasteiger partial charge in [-0.1, -0.05) is 25.1 Å². The molecular weight excluding hydrogens is 426 g/mol. The van der Waals surface area contributed by atoms with Crippen molar-refractivity contribution in [3.63, 3.8) is 0 Å². The van der Waals surface area contributed by atoms with Gasteiger partial charge < -0.3 is 10.4 Å². The number of carbonyl (C=O) groups excluding carboxylic acids is 1. The van der Waals surface area contributed by atoms with E-state index in [1.807, 2.05) is 0 Å². The van der Waals surface area contributed by atoms with Crippen molar-refractivity contribution in [3.05, 3.63) is 58.9 Å². The van der Waals surface area contributed by atoms with Gasteiger partial charge in [0, 0.05) is 16.8 Å². The summed E-state index contributed by atoms with van der Waals surface area (Å²) in [5, 5.41) is 12.1. The SMILES string of the molecule is CCS(=O)(=O)c1ccc(CC(=O)Nc2ccc(C(C)(O)C(F)(F)F)c(F)c2C)cc1. The summed E-state index contributed by atoms with van der Waals surface area (Å²) in [6.45, 7) is 3.15. The lowest BCUT2D eigenvalue weighted by atomic mass is 9.92. The summed E-state index contributed by atoms with van der Waals surface area (Å²) in [7, 11) is -3.37. The average molecular weight is 447 g/mol. The van der Waals surface area contributed by atoms with Gasteiger partial charge in [0.15, 0.2) is 15.4 Å². The number of rotatable bonds is 6. The van der Waals surface area contributed by atoms with Crippen LogP contribution in [0.3, 0.4) is 0 Å². The fraction of sp³-hybridized carbons (Fsp3) is 0.350. The van der Waals surface area contributed by atoms with Gasteiger partial charge in [-0.3, -0.25) is 4.79 Å². The van der Waals surface area contributed by atoms with E-state index in [9.17, 15) is 35.9 Å². The van der Waals surface area contributed by atoms with Crippen LogP contribution in [0.4, 0.5) is 23.2 Å². The smallest absolute Gasteiger partial charge is 0.376 e. The number of hydrogen-bond acceptors (Lipinski definition) is 4. The molecule has 2 rings (SSSR count). The van der Waals surface area contributed by atoms with Crippen molar-refractivity contribution in [2.45, 2.75) is 43.9 Å². The van der Waals surface area contributed by atoms with E-state index in [1.54, 1.807) is 0 Å². The maximum absolute atomic E-state index is 14.5. The monoisotopic (exact) mass is 447 g/mol. The first-order valence-electron chi connectivity index (χ1n) is 8.91. The van der Waals surface area contributed by atoms with Gasteiger partial charge in [0.2, 0.25) is 5.91 Å². The highest BCUT2D eigenvalue weighted by atomic mass is 32.2. The Labute approximate surface area is 171 Å². The second-order valence-corrected chi connectivity index (χ2v) is 9.22. The molecule has 164 valence electrons. The molecule has 0 spiro atoms. The molecule has 0 aromatic heterocycles. The Balaban J connectivity index is 2.19. The standard InChI is InChI=1S/C20H21F4NO4S/c1-4-30(28,29)14-7-5-13(6-8-14)11-17(26)25-16-10-9-15(18(21)12(16)2)19(3,27)20(22,23)24/h5-10,27H,4,11H2,1-3H3,(H,25,26). The Bertz CT molecular complexity index is 1050. The molecule has 10 heteroatoms. The van der Waals surface area contributed by atoms with Crippen molar-refractivity contribution in [3.8, 4) is 0 Å². The molecule has 0 aliphatic carbocycles. The molecule has 0 aliphatic rings. The number of aliphatic hydroxyl groups is 1. The molecule has 5 nitrogen and oxygen atoms in total. The van der Waals surface area contributed by atoms with Gasteiger partial charge in [0.25, 0.3) is 0 Å². The molecule has 0 radical (unpaired) electrons. The Kier molecular flexibility index (Phi) is 6.63. The first-order chi connectivity index (χ1) is 13.7. The lowest BCUT2D eigenvalue weighted by molar-refractivity contribution is -0.259. The van der Waals surface area contributed by atoms with E-state index in [2.05, 4.69) is 5.32 Å². The highest BCUT2D eigenvalue weighted by Crippen LogP contribution is 2.41. The van der Waals surface area contributed by atoms with Crippen molar-refractivity contribution in [2.75, 3.05) is 11.1 Å². The molecule has 0 aliphatic heterocycles. The fourth-order valence-corrected chi connectivity index (χ4v) is 3.59. The molecule has 1 atom stereocenters. The molecule has 1 amide bonds. The van der Waals surface area contributed by atoms with E-state index in [0.29, 0.717) is 12.5 Å². The third kappa shape index (κ3) is 4.81. The van der Waals surface area contributed by atoms with Crippen LogP contribution < -0.4 is 5.32 Å². The van der Waals surface area contributed by atoms with Crippen molar-refractivity contribution in [1.82, 2.24) is 0 Å². The zero-order valence-corrected chi connectivity index (χ0v) is 17.3. The van der Waals surface area contributed by atoms with Crippen LogP contribution >= 0.6 is 0 Å². The zero-order valence-electron chi connectivity index (χ0n) is 16.5. The first kappa shape index (κ1) is 23.8. The molecule has 0 saturated carbocycles. The molecule has 2 aromatic rings. The first-order valence-corrected chi connectivity index (χ1v) is 10.6. The second-order valence-electron chi connectivity index (χ2n) is 6.94. The number of benzene rings is 2. The molecule has 2 N–H and O–H groups in total. The Hall–Kier alpha value is -2.46. The van der Waals surface area contributed by atoms with Crippen LogP contribution in [-0.4, -0.2) is 31.4 Å². The average Bonchev–Trinajstić information content (AvgIpc) is 2.65. The Morgan fingerprint density at radius 1 is 1.10 bits per heavy atom. The highest BCUT2D eigenvalue weighted by molar-refractivity contribution is 7.91. The second kappa shape index (κ2) is 8.35. The van der Waals surface area contributed by atoms with Gasteiger partial charge in [-0.25, -0.2) is 12.8 Å². The van der Waals surface area contributed by atoms with E-state index in [4.69, 9.17) is 0 Å². The molecule has 0 saturated heterocycles. The van der Waals surface area contributed by atoms with Crippen molar-refractivity contribution < 1.29 is 35.9 Å². The van der Waals surface area contributed by atoms with Crippen LogP contribution in [0.1, 0.15) is 30.5 Å². The van der Waals surface area contributed by atoms with E-state index in [0.717, 1.165) is 12.1 Å². The number of anilines is 1. The summed E-state index contributed by atoms with van der Waals surface area (Å²) in [5.41, 5.74) is -4.13.